The van der Waals surface area contributed by atoms with E-state index < -0.39 is 0 Å². The van der Waals surface area contributed by atoms with Crippen LogP contribution in [0.4, 0.5) is 0 Å². The number of rotatable bonds is 10. The zero-order chi connectivity index (χ0) is 22.3. The van der Waals surface area contributed by atoms with Crippen LogP contribution in [0.1, 0.15) is 17.0 Å². The van der Waals surface area contributed by atoms with Crippen LogP contribution in [0.3, 0.4) is 0 Å². The van der Waals surface area contributed by atoms with E-state index >= 15 is 0 Å². The molecule has 0 fully saturated rings. The summed E-state index contributed by atoms with van der Waals surface area (Å²) in [6.07, 6.45) is 3.36. The van der Waals surface area contributed by atoms with Crippen LogP contribution in [0, 0.1) is 0 Å². The maximum atomic E-state index is 6.15. The molecule has 0 saturated carbocycles. The summed E-state index contributed by atoms with van der Waals surface area (Å²) in [5.74, 6) is 3.32. The molecule has 0 spiro atoms. The lowest BCUT2D eigenvalue weighted by Gasteiger charge is -2.14. The average molecular weight is 429 g/mol. The van der Waals surface area contributed by atoms with Gasteiger partial charge in [-0.2, -0.15) is 0 Å². The lowest BCUT2D eigenvalue weighted by atomic mass is 10.1. The van der Waals surface area contributed by atoms with E-state index in [-0.39, 0.29) is 0 Å². The molecule has 0 N–H and O–H groups in total. The highest BCUT2D eigenvalue weighted by Crippen LogP contribution is 2.29. The summed E-state index contributed by atoms with van der Waals surface area (Å²) in [6, 6.07) is 22.3. The van der Waals surface area contributed by atoms with Crippen LogP contribution in [-0.4, -0.2) is 30.4 Å². The van der Waals surface area contributed by atoms with E-state index in [9.17, 15) is 0 Å². The first-order chi connectivity index (χ1) is 15.7. The summed E-state index contributed by atoms with van der Waals surface area (Å²) >= 11 is 0. The van der Waals surface area contributed by atoms with Gasteiger partial charge in [0.15, 0.2) is 11.5 Å². The third-order valence-corrected chi connectivity index (χ3v) is 5.45. The fourth-order valence-corrected chi connectivity index (χ4v) is 3.90. The highest BCUT2D eigenvalue weighted by atomic mass is 16.5. The van der Waals surface area contributed by atoms with Gasteiger partial charge in [0.2, 0.25) is 0 Å². The van der Waals surface area contributed by atoms with Gasteiger partial charge < -0.3 is 18.8 Å². The Bertz CT molecular complexity index is 1210. The van der Waals surface area contributed by atoms with Gasteiger partial charge in [0.1, 0.15) is 18.2 Å². The molecule has 164 valence electrons. The summed E-state index contributed by atoms with van der Waals surface area (Å²) in [6.45, 7) is 5.09. The van der Waals surface area contributed by atoms with E-state index in [0.29, 0.717) is 19.6 Å². The molecular weight excluding hydrogens is 400 g/mol. The van der Waals surface area contributed by atoms with Crippen LogP contribution in [0.25, 0.3) is 11.0 Å². The zero-order valence-electron chi connectivity index (χ0n) is 18.6. The molecule has 32 heavy (non-hydrogen) atoms. The second-order valence-electron chi connectivity index (χ2n) is 7.48. The Morgan fingerprint density at radius 2 is 1.69 bits per heavy atom. The first kappa shape index (κ1) is 21.5. The molecule has 1 aromatic heterocycles. The Hall–Kier alpha value is -3.73. The Labute approximate surface area is 188 Å². The van der Waals surface area contributed by atoms with E-state index in [1.165, 1.54) is 0 Å². The van der Waals surface area contributed by atoms with Gasteiger partial charge in [-0.1, -0.05) is 42.5 Å². The number of methoxy groups -OCH3 is 2. The van der Waals surface area contributed by atoms with Crippen LogP contribution in [-0.2, 0) is 19.4 Å². The number of benzene rings is 3. The van der Waals surface area contributed by atoms with Gasteiger partial charge in [-0.05, 0) is 47.9 Å². The summed E-state index contributed by atoms with van der Waals surface area (Å²) in [7, 11) is 3.29. The molecule has 0 aliphatic heterocycles. The lowest BCUT2D eigenvalue weighted by Crippen LogP contribution is -2.12. The van der Waals surface area contributed by atoms with Gasteiger partial charge in [-0.15, -0.1) is 6.58 Å². The quantitative estimate of drug-likeness (QED) is 0.315. The van der Waals surface area contributed by atoms with E-state index in [2.05, 4.69) is 23.3 Å². The van der Waals surface area contributed by atoms with Crippen molar-refractivity contribution >= 4 is 11.0 Å². The molecule has 4 aromatic rings. The normalized spacial score (nSPS) is 10.8. The molecule has 5 heteroatoms. The van der Waals surface area contributed by atoms with Crippen LogP contribution in [0.2, 0.25) is 0 Å². The molecule has 4 rings (SSSR count). The van der Waals surface area contributed by atoms with Gasteiger partial charge in [-0.25, -0.2) is 4.98 Å². The number of hydrogen-bond acceptors (Lipinski definition) is 4. The van der Waals surface area contributed by atoms with Gasteiger partial charge in [0.05, 0.1) is 31.8 Å². The number of imidazole rings is 1. The number of allylic oxidation sites excluding steroid dienone is 1. The Balaban J connectivity index is 1.58. The van der Waals surface area contributed by atoms with Crippen LogP contribution in [0.15, 0.2) is 79.4 Å². The molecule has 0 unspecified atom stereocenters. The highest BCUT2D eigenvalue weighted by molar-refractivity contribution is 5.76. The van der Waals surface area contributed by atoms with Gasteiger partial charge in [0.25, 0.3) is 0 Å². The van der Waals surface area contributed by atoms with Gasteiger partial charge >= 0.3 is 0 Å². The standard InChI is InChI=1S/C27H28N2O3/c1-4-9-21-10-5-8-13-24(21)32-17-16-29-23-12-7-6-11-22(23)28-27(29)19-20-14-15-25(30-2)26(18-20)31-3/h4-8,10-15,18H,1,9,16-17,19H2,2-3H3. The fourth-order valence-electron chi connectivity index (χ4n) is 3.90. The summed E-state index contributed by atoms with van der Waals surface area (Å²) < 4.78 is 19.2. The predicted molar refractivity (Wildman–Crippen MR) is 128 cm³/mol. The first-order valence-corrected chi connectivity index (χ1v) is 10.7. The molecule has 0 atom stereocenters. The molecule has 0 aliphatic carbocycles. The van der Waals surface area contributed by atoms with E-state index in [1.807, 2.05) is 60.7 Å². The van der Waals surface area contributed by atoms with Crippen molar-refractivity contribution in [2.24, 2.45) is 0 Å². The van der Waals surface area contributed by atoms with Crippen molar-refractivity contribution in [3.05, 3.63) is 96.3 Å². The molecule has 1 heterocycles. The molecular formula is C27H28N2O3. The van der Waals surface area contributed by atoms with Gasteiger partial charge in [0, 0.05) is 6.42 Å². The largest absolute Gasteiger partial charge is 0.493 e. The zero-order valence-corrected chi connectivity index (χ0v) is 18.6. The van der Waals surface area contributed by atoms with Crippen LogP contribution >= 0.6 is 0 Å². The summed E-state index contributed by atoms with van der Waals surface area (Å²) in [4.78, 5) is 4.90. The average Bonchev–Trinajstić information content (AvgIpc) is 3.17. The minimum atomic E-state index is 0.549. The summed E-state index contributed by atoms with van der Waals surface area (Å²) in [5, 5.41) is 0. The number of para-hydroxylation sites is 3. The molecule has 3 aromatic carbocycles. The Morgan fingerprint density at radius 1 is 0.906 bits per heavy atom. The van der Waals surface area contributed by atoms with Crippen LogP contribution in [0.5, 0.6) is 17.2 Å². The molecule has 0 radical (unpaired) electrons. The molecule has 5 nitrogen and oxygen atoms in total. The number of fused-ring (bicyclic) bond motifs is 1. The number of aromatic nitrogens is 2. The second-order valence-corrected chi connectivity index (χ2v) is 7.48. The smallest absolute Gasteiger partial charge is 0.161 e. The maximum Gasteiger partial charge on any atom is 0.161 e. The maximum absolute atomic E-state index is 6.15. The van der Waals surface area contributed by atoms with Crippen molar-refractivity contribution < 1.29 is 14.2 Å². The third-order valence-electron chi connectivity index (χ3n) is 5.45. The third kappa shape index (κ3) is 4.62. The first-order valence-electron chi connectivity index (χ1n) is 10.7. The minimum absolute atomic E-state index is 0.549. The number of nitrogens with zero attached hydrogens (tertiary/aromatic N) is 2. The van der Waals surface area contributed by atoms with E-state index in [4.69, 9.17) is 19.2 Å². The van der Waals surface area contributed by atoms with Crippen molar-refractivity contribution in [2.75, 3.05) is 20.8 Å². The fraction of sp³-hybridized carbons (Fsp3) is 0.222. The van der Waals surface area contributed by atoms with Crippen molar-refractivity contribution in [2.45, 2.75) is 19.4 Å². The van der Waals surface area contributed by atoms with E-state index in [1.54, 1.807) is 14.2 Å². The highest BCUT2D eigenvalue weighted by Gasteiger charge is 2.13. The van der Waals surface area contributed by atoms with Crippen molar-refractivity contribution in [3.63, 3.8) is 0 Å². The second kappa shape index (κ2) is 10.1. The van der Waals surface area contributed by atoms with Crippen molar-refractivity contribution in [1.82, 2.24) is 9.55 Å². The number of ether oxygens (including phenoxy) is 3. The predicted octanol–water partition coefficient (Wildman–Crippen LogP) is 5.45. The lowest BCUT2D eigenvalue weighted by molar-refractivity contribution is 0.296. The molecule has 0 amide bonds. The Kier molecular flexibility index (Phi) is 6.75. The molecule has 0 aliphatic rings. The van der Waals surface area contributed by atoms with E-state index in [0.717, 1.165) is 51.7 Å². The molecule has 0 bridgehead atoms. The van der Waals surface area contributed by atoms with Crippen molar-refractivity contribution in [1.29, 1.82) is 0 Å². The van der Waals surface area contributed by atoms with Crippen molar-refractivity contribution in [3.8, 4) is 17.2 Å². The topological polar surface area (TPSA) is 45.5 Å². The monoisotopic (exact) mass is 428 g/mol. The molecule has 0 saturated heterocycles. The van der Waals surface area contributed by atoms with Gasteiger partial charge in [-0.3, -0.25) is 0 Å². The van der Waals surface area contributed by atoms with Crippen LogP contribution < -0.4 is 14.2 Å². The Morgan fingerprint density at radius 3 is 2.50 bits per heavy atom. The SMILES string of the molecule is C=CCc1ccccc1OCCn1c(Cc2ccc(OC)c(OC)c2)nc2ccccc21. The summed E-state index contributed by atoms with van der Waals surface area (Å²) in [5.41, 5.74) is 4.33. The number of hydrogen-bond donors (Lipinski definition) is 0. The minimum Gasteiger partial charge on any atom is -0.493 e.